The minimum absolute atomic E-state index is 0.167. The quantitative estimate of drug-likeness (QED) is 0.587. The van der Waals surface area contributed by atoms with Gasteiger partial charge in [0.15, 0.2) is 0 Å². The Kier molecular flexibility index (Phi) is 6.44. The van der Waals surface area contributed by atoms with E-state index in [9.17, 15) is 8.42 Å². The van der Waals surface area contributed by atoms with Gasteiger partial charge in [-0.1, -0.05) is 30.9 Å². The second kappa shape index (κ2) is 7.59. The first-order valence-corrected chi connectivity index (χ1v) is 7.72. The van der Waals surface area contributed by atoms with Crippen LogP contribution in [0.15, 0.2) is 29.2 Å². The zero-order valence-electron chi connectivity index (χ0n) is 11.5. The SMILES string of the molecule is CCC(C)c1ccc(S(=O)(=O)NOCCOC)cc1. The molecule has 0 saturated carbocycles. The fourth-order valence-corrected chi connectivity index (χ4v) is 2.33. The maximum absolute atomic E-state index is 11.9. The fourth-order valence-electron chi connectivity index (χ4n) is 1.50. The molecule has 6 heteroatoms. The monoisotopic (exact) mass is 287 g/mol. The first-order chi connectivity index (χ1) is 9.01. The molecule has 19 heavy (non-hydrogen) atoms. The fraction of sp³-hybridized carbons (Fsp3) is 0.538. The molecule has 1 atom stereocenters. The second-order valence-corrected chi connectivity index (χ2v) is 5.95. The molecule has 0 fully saturated rings. The van der Waals surface area contributed by atoms with E-state index in [1.54, 1.807) is 12.1 Å². The van der Waals surface area contributed by atoms with Crippen LogP contribution in [0.2, 0.25) is 0 Å². The van der Waals surface area contributed by atoms with Gasteiger partial charge in [0.2, 0.25) is 0 Å². The third-order valence-electron chi connectivity index (χ3n) is 2.93. The number of rotatable bonds is 8. The van der Waals surface area contributed by atoms with Crippen LogP contribution in [0, 0.1) is 0 Å². The molecule has 0 amide bonds. The van der Waals surface area contributed by atoms with Gasteiger partial charge in [-0.3, -0.25) is 4.84 Å². The smallest absolute Gasteiger partial charge is 0.262 e. The van der Waals surface area contributed by atoms with E-state index in [2.05, 4.69) is 18.7 Å². The minimum atomic E-state index is -3.62. The predicted octanol–water partition coefficient (Wildman–Crippen LogP) is 2.06. The van der Waals surface area contributed by atoms with Crippen molar-refractivity contribution < 1.29 is 18.0 Å². The van der Waals surface area contributed by atoms with Crippen LogP contribution in [0.25, 0.3) is 0 Å². The van der Waals surface area contributed by atoms with E-state index < -0.39 is 10.0 Å². The van der Waals surface area contributed by atoms with E-state index in [1.807, 2.05) is 12.1 Å². The van der Waals surface area contributed by atoms with Crippen molar-refractivity contribution in [1.82, 2.24) is 4.89 Å². The van der Waals surface area contributed by atoms with Gasteiger partial charge in [0, 0.05) is 7.11 Å². The van der Waals surface area contributed by atoms with E-state index in [0.717, 1.165) is 12.0 Å². The summed E-state index contributed by atoms with van der Waals surface area (Å²) in [4.78, 5) is 7.09. The highest BCUT2D eigenvalue weighted by Crippen LogP contribution is 2.20. The van der Waals surface area contributed by atoms with Crippen LogP contribution in [-0.4, -0.2) is 28.7 Å². The highest BCUT2D eigenvalue weighted by atomic mass is 32.2. The molecule has 0 spiro atoms. The Labute approximate surface area is 114 Å². The van der Waals surface area contributed by atoms with Gasteiger partial charge in [-0.05, 0) is 30.0 Å². The van der Waals surface area contributed by atoms with Crippen molar-refractivity contribution in [2.75, 3.05) is 20.3 Å². The van der Waals surface area contributed by atoms with Crippen LogP contribution < -0.4 is 4.89 Å². The number of hydrogen-bond acceptors (Lipinski definition) is 4. The van der Waals surface area contributed by atoms with Crippen molar-refractivity contribution in [2.24, 2.45) is 0 Å². The molecular weight excluding hydrogens is 266 g/mol. The molecule has 108 valence electrons. The highest BCUT2D eigenvalue weighted by molar-refractivity contribution is 7.89. The first-order valence-electron chi connectivity index (χ1n) is 6.23. The largest absolute Gasteiger partial charge is 0.382 e. The van der Waals surface area contributed by atoms with Gasteiger partial charge in [-0.15, -0.1) is 0 Å². The van der Waals surface area contributed by atoms with Gasteiger partial charge in [0.1, 0.15) is 0 Å². The number of sulfonamides is 1. The van der Waals surface area contributed by atoms with Crippen molar-refractivity contribution in [3.63, 3.8) is 0 Å². The lowest BCUT2D eigenvalue weighted by atomic mass is 9.99. The van der Waals surface area contributed by atoms with Gasteiger partial charge in [-0.2, -0.15) is 0 Å². The molecule has 0 aliphatic rings. The average Bonchev–Trinajstić information content (AvgIpc) is 2.43. The summed E-state index contributed by atoms with van der Waals surface area (Å²) in [5, 5.41) is 0. The molecule has 0 heterocycles. The van der Waals surface area contributed by atoms with Crippen LogP contribution in [-0.2, 0) is 19.6 Å². The Balaban J connectivity index is 2.68. The Morgan fingerprint density at radius 2 is 1.84 bits per heavy atom. The van der Waals surface area contributed by atoms with Gasteiger partial charge in [-0.25, -0.2) is 8.42 Å². The Morgan fingerprint density at radius 3 is 2.37 bits per heavy atom. The van der Waals surface area contributed by atoms with E-state index in [4.69, 9.17) is 9.57 Å². The van der Waals surface area contributed by atoms with Crippen LogP contribution >= 0.6 is 0 Å². The molecule has 0 aliphatic carbocycles. The van der Waals surface area contributed by atoms with Gasteiger partial charge >= 0.3 is 0 Å². The summed E-state index contributed by atoms with van der Waals surface area (Å²) in [6.07, 6.45) is 1.02. The molecule has 1 N–H and O–H groups in total. The minimum Gasteiger partial charge on any atom is -0.382 e. The second-order valence-electron chi connectivity index (χ2n) is 4.31. The normalized spacial score (nSPS) is 13.4. The number of ether oxygens (including phenoxy) is 1. The summed E-state index contributed by atoms with van der Waals surface area (Å²) in [6.45, 7) is 4.70. The molecule has 5 nitrogen and oxygen atoms in total. The summed E-state index contributed by atoms with van der Waals surface area (Å²) in [6, 6.07) is 6.84. The lowest BCUT2D eigenvalue weighted by Crippen LogP contribution is -2.25. The summed E-state index contributed by atoms with van der Waals surface area (Å²) in [7, 11) is -2.10. The molecule has 0 saturated heterocycles. The third kappa shape index (κ3) is 4.91. The van der Waals surface area contributed by atoms with Crippen molar-refractivity contribution in [3.05, 3.63) is 29.8 Å². The van der Waals surface area contributed by atoms with E-state index in [-0.39, 0.29) is 11.5 Å². The lowest BCUT2D eigenvalue weighted by Gasteiger charge is -2.10. The summed E-state index contributed by atoms with van der Waals surface area (Å²) >= 11 is 0. The van der Waals surface area contributed by atoms with Crippen LogP contribution in [0.5, 0.6) is 0 Å². The van der Waals surface area contributed by atoms with Gasteiger partial charge in [0.25, 0.3) is 10.0 Å². The first kappa shape index (κ1) is 16.1. The van der Waals surface area contributed by atoms with Crippen molar-refractivity contribution in [2.45, 2.75) is 31.1 Å². The summed E-state index contributed by atoms with van der Waals surface area (Å²) in [5.74, 6) is 0.419. The molecule has 0 aromatic heterocycles. The zero-order chi connectivity index (χ0) is 14.3. The van der Waals surface area contributed by atoms with Gasteiger partial charge in [0.05, 0.1) is 18.1 Å². The van der Waals surface area contributed by atoms with E-state index in [0.29, 0.717) is 12.5 Å². The van der Waals surface area contributed by atoms with Crippen molar-refractivity contribution in [3.8, 4) is 0 Å². The number of nitrogens with one attached hydrogen (secondary N) is 1. The maximum Gasteiger partial charge on any atom is 0.262 e. The molecule has 1 rings (SSSR count). The lowest BCUT2D eigenvalue weighted by molar-refractivity contribution is 0.0438. The van der Waals surface area contributed by atoms with Gasteiger partial charge < -0.3 is 4.74 Å². The maximum atomic E-state index is 11.9. The molecule has 0 aliphatic heterocycles. The van der Waals surface area contributed by atoms with Crippen LogP contribution in [0.4, 0.5) is 0 Å². The molecule has 1 aromatic rings. The third-order valence-corrected chi connectivity index (χ3v) is 4.16. The predicted molar refractivity (Wildman–Crippen MR) is 73.3 cm³/mol. The van der Waals surface area contributed by atoms with Crippen molar-refractivity contribution >= 4 is 10.0 Å². The Bertz CT molecular complexity index is 470. The molecule has 1 unspecified atom stereocenters. The topological polar surface area (TPSA) is 64.6 Å². The summed E-state index contributed by atoms with van der Waals surface area (Å²) < 4.78 is 28.5. The molecular formula is C13H21NO4S. The Hall–Kier alpha value is -0.950. The average molecular weight is 287 g/mol. The van der Waals surface area contributed by atoms with Crippen LogP contribution in [0.3, 0.4) is 0 Å². The Morgan fingerprint density at radius 1 is 1.21 bits per heavy atom. The zero-order valence-corrected chi connectivity index (χ0v) is 12.4. The number of methoxy groups -OCH3 is 1. The molecule has 0 radical (unpaired) electrons. The van der Waals surface area contributed by atoms with Crippen molar-refractivity contribution in [1.29, 1.82) is 0 Å². The number of benzene rings is 1. The van der Waals surface area contributed by atoms with E-state index in [1.165, 1.54) is 7.11 Å². The molecule has 1 aromatic carbocycles. The highest BCUT2D eigenvalue weighted by Gasteiger charge is 2.14. The number of hydrogen-bond donors (Lipinski definition) is 1. The van der Waals surface area contributed by atoms with E-state index >= 15 is 0 Å². The summed E-state index contributed by atoms with van der Waals surface area (Å²) in [5.41, 5.74) is 1.13. The standard InChI is InChI=1S/C13H21NO4S/c1-4-11(2)12-5-7-13(8-6-12)19(15,16)14-18-10-9-17-3/h5-8,11,14H,4,9-10H2,1-3H3. The van der Waals surface area contributed by atoms with Crippen LogP contribution in [0.1, 0.15) is 31.7 Å². The molecule has 0 bridgehead atoms.